The molecule has 0 bridgehead atoms. The highest BCUT2D eigenvalue weighted by Gasteiger charge is 2.32. The summed E-state index contributed by atoms with van der Waals surface area (Å²) >= 11 is 0. The number of hydrogen-bond donors (Lipinski definition) is 0. The zero-order chi connectivity index (χ0) is 12.1. The summed E-state index contributed by atoms with van der Waals surface area (Å²) in [4.78, 5) is 11.7. The minimum atomic E-state index is -3.22. The van der Waals surface area contributed by atoms with Gasteiger partial charge in [-0.05, 0) is 13.8 Å². The quantitative estimate of drug-likeness (QED) is 0.665. The first-order chi connectivity index (χ1) is 6.75. The second-order valence-electron chi connectivity index (χ2n) is 4.28. The Bertz CT molecular complexity index is 245. The van der Waals surface area contributed by atoms with E-state index in [1.807, 2.05) is 0 Å². The van der Waals surface area contributed by atoms with E-state index in [4.69, 9.17) is 9.05 Å². The molecule has 0 fully saturated rings. The lowest BCUT2D eigenvalue weighted by Gasteiger charge is -2.21. The minimum absolute atomic E-state index is 0.104. The smallest absolute Gasteiger partial charge is 0.309 e. The summed E-state index contributed by atoms with van der Waals surface area (Å²) in [7, 11) is -3.22. The van der Waals surface area contributed by atoms with Gasteiger partial charge in [0.1, 0.15) is 11.9 Å². The van der Waals surface area contributed by atoms with E-state index in [9.17, 15) is 9.36 Å². The predicted octanol–water partition coefficient (Wildman–Crippen LogP) is 2.87. The molecule has 0 rings (SSSR count). The summed E-state index contributed by atoms with van der Waals surface area (Å²) in [6.45, 7) is 9.40. The molecule has 0 amide bonds. The standard InChI is InChI=1S/C10H21O4P/c1-6-13-15(12,14-7-2)8-9(11)10(3,4)5/h6-8H2,1-5H3. The molecule has 0 heterocycles. The maximum atomic E-state index is 12.0. The number of Topliss-reactive ketones (excluding diaryl/α,β-unsaturated/α-hetero) is 1. The van der Waals surface area contributed by atoms with Crippen LogP contribution in [0.5, 0.6) is 0 Å². The lowest BCUT2D eigenvalue weighted by molar-refractivity contribution is -0.123. The van der Waals surface area contributed by atoms with Crippen molar-refractivity contribution in [2.75, 3.05) is 19.4 Å². The molecule has 0 aliphatic heterocycles. The second kappa shape index (κ2) is 5.78. The van der Waals surface area contributed by atoms with Crippen LogP contribution in [-0.4, -0.2) is 25.2 Å². The number of carbonyl (C=O) groups excluding carboxylic acids is 1. The number of rotatable bonds is 6. The van der Waals surface area contributed by atoms with Gasteiger partial charge < -0.3 is 9.05 Å². The lowest BCUT2D eigenvalue weighted by atomic mass is 9.92. The Balaban J connectivity index is 4.55. The Morgan fingerprint density at radius 1 is 1.13 bits per heavy atom. The zero-order valence-corrected chi connectivity index (χ0v) is 11.1. The summed E-state index contributed by atoms with van der Waals surface area (Å²) in [5.41, 5.74) is -0.510. The number of ketones is 1. The van der Waals surface area contributed by atoms with Gasteiger partial charge in [0, 0.05) is 5.41 Å². The summed E-state index contributed by atoms with van der Waals surface area (Å²) in [6, 6.07) is 0. The van der Waals surface area contributed by atoms with Crippen molar-refractivity contribution < 1.29 is 18.4 Å². The minimum Gasteiger partial charge on any atom is -0.309 e. The van der Waals surface area contributed by atoms with Crippen molar-refractivity contribution in [2.24, 2.45) is 5.41 Å². The molecule has 0 saturated carbocycles. The fourth-order valence-corrected chi connectivity index (χ4v) is 2.80. The molecular weight excluding hydrogens is 215 g/mol. The molecule has 5 heteroatoms. The first kappa shape index (κ1) is 14.8. The average Bonchev–Trinajstić information content (AvgIpc) is 2.02. The molecule has 15 heavy (non-hydrogen) atoms. The van der Waals surface area contributed by atoms with E-state index in [1.165, 1.54) is 0 Å². The van der Waals surface area contributed by atoms with Crippen molar-refractivity contribution in [3.63, 3.8) is 0 Å². The molecule has 0 N–H and O–H groups in total. The van der Waals surface area contributed by atoms with Gasteiger partial charge in [-0.1, -0.05) is 20.8 Å². The summed E-state index contributed by atoms with van der Waals surface area (Å²) in [5.74, 6) is -0.104. The molecule has 0 aromatic heterocycles. The molecule has 0 aliphatic carbocycles. The van der Waals surface area contributed by atoms with Crippen LogP contribution in [0, 0.1) is 5.41 Å². The van der Waals surface area contributed by atoms with Crippen LogP contribution in [0.3, 0.4) is 0 Å². The Kier molecular flexibility index (Phi) is 5.71. The van der Waals surface area contributed by atoms with Crippen molar-refractivity contribution in [3.05, 3.63) is 0 Å². The van der Waals surface area contributed by atoms with Crippen LogP contribution >= 0.6 is 7.60 Å². The van der Waals surface area contributed by atoms with Gasteiger partial charge in [0.05, 0.1) is 13.2 Å². The largest absolute Gasteiger partial charge is 0.338 e. The van der Waals surface area contributed by atoms with E-state index < -0.39 is 13.0 Å². The molecule has 0 aromatic carbocycles. The summed E-state index contributed by atoms with van der Waals surface area (Å²) in [6.07, 6.45) is -0.141. The topological polar surface area (TPSA) is 52.6 Å². The molecule has 0 aliphatic rings. The molecule has 0 aromatic rings. The van der Waals surface area contributed by atoms with Gasteiger partial charge in [-0.3, -0.25) is 9.36 Å². The van der Waals surface area contributed by atoms with E-state index in [-0.39, 0.29) is 25.2 Å². The maximum absolute atomic E-state index is 12.0. The Hall–Kier alpha value is -0.180. The highest BCUT2D eigenvalue weighted by molar-refractivity contribution is 7.54. The van der Waals surface area contributed by atoms with Crippen molar-refractivity contribution in [3.8, 4) is 0 Å². The van der Waals surface area contributed by atoms with Crippen LogP contribution in [0.1, 0.15) is 34.6 Å². The SMILES string of the molecule is CCOP(=O)(CC(=O)C(C)(C)C)OCC. The van der Waals surface area contributed by atoms with Crippen LogP contribution < -0.4 is 0 Å². The summed E-state index contributed by atoms with van der Waals surface area (Å²) in [5, 5.41) is 0. The van der Waals surface area contributed by atoms with Gasteiger partial charge in [0.25, 0.3) is 0 Å². The van der Waals surface area contributed by atoms with Gasteiger partial charge >= 0.3 is 7.60 Å². The van der Waals surface area contributed by atoms with Crippen LogP contribution in [0.2, 0.25) is 0 Å². The molecule has 0 atom stereocenters. The fraction of sp³-hybridized carbons (Fsp3) is 0.900. The molecular formula is C10H21O4P. The molecule has 0 saturated heterocycles. The first-order valence-corrected chi connectivity index (χ1v) is 6.89. The molecule has 0 radical (unpaired) electrons. The Morgan fingerprint density at radius 3 is 1.80 bits per heavy atom. The second-order valence-corrected chi connectivity index (χ2v) is 6.33. The summed E-state index contributed by atoms with van der Waals surface area (Å²) < 4.78 is 22.1. The third-order valence-electron chi connectivity index (χ3n) is 1.83. The average molecular weight is 236 g/mol. The number of carbonyl (C=O) groups is 1. The first-order valence-electron chi connectivity index (χ1n) is 5.16. The fourth-order valence-electron chi connectivity index (χ4n) is 0.935. The van der Waals surface area contributed by atoms with E-state index in [0.717, 1.165) is 0 Å². The van der Waals surface area contributed by atoms with E-state index in [1.54, 1.807) is 34.6 Å². The van der Waals surface area contributed by atoms with Crippen molar-refractivity contribution >= 4 is 13.4 Å². The molecule has 4 nitrogen and oxygen atoms in total. The maximum Gasteiger partial charge on any atom is 0.338 e. The van der Waals surface area contributed by atoms with E-state index in [2.05, 4.69) is 0 Å². The molecule has 0 spiro atoms. The van der Waals surface area contributed by atoms with Crippen LogP contribution in [0.4, 0.5) is 0 Å². The third-order valence-corrected chi connectivity index (χ3v) is 3.80. The van der Waals surface area contributed by atoms with Crippen LogP contribution in [0.15, 0.2) is 0 Å². The van der Waals surface area contributed by atoms with E-state index >= 15 is 0 Å². The monoisotopic (exact) mass is 236 g/mol. The highest BCUT2D eigenvalue weighted by Crippen LogP contribution is 2.48. The van der Waals surface area contributed by atoms with Crippen molar-refractivity contribution in [1.82, 2.24) is 0 Å². The van der Waals surface area contributed by atoms with Gasteiger partial charge in [0.2, 0.25) is 0 Å². The lowest BCUT2D eigenvalue weighted by Crippen LogP contribution is -2.24. The predicted molar refractivity (Wildman–Crippen MR) is 60.2 cm³/mol. The van der Waals surface area contributed by atoms with Gasteiger partial charge in [-0.25, -0.2) is 0 Å². The van der Waals surface area contributed by atoms with Crippen molar-refractivity contribution in [1.29, 1.82) is 0 Å². The van der Waals surface area contributed by atoms with Crippen molar-refractivity contribution in [2.45, 2.75) is 34.6 Å². The van der Waals surface area contributed by atoms with E-state index in [0.29, 0.717) is 0 Å². The molecule has 90 valence electrons. The zero-order valence-electron chi connectivity index (χ0n) is 10.2. The third kappa shape index (κ3) is 5.45. The highest BCUT2D eigenvalue weighted by atomic mass is 31.2. The Morgan fingerprint density at radius 2 is 1.53 bits per heavy atom. The van der Waals surface area contributed by atoms with Crippen LogP contribution in [0.25, 0.3) is 0 Å². The normalized spacial score (nSPS) is 12.9. The van der Waals surface area contributed by atoms with Gasteiger partial charge in [-0.15, -0.1) is 0 Å². The van der Waals surface area contributed by atoms with Crippen LogP contribution in [-0.2, 0) is 18.4 Å². The molecule has 0 unspecified atom stereocenters. The van der Waals surface area contributed by atoms with Gasteiger partial charge in [-0.2, -0.15) is 0 Å². The van der Waals surface area contributed by atoms with Gasteiger partial charge in [0.15, 0.2) is 0 Å². The number of hydrogen-bond acceptors (Lipinski definition) is 4. The Labute approximate surface area is 91.9 Å².